The molecule has 0 saturated carbocycles. The zero-order chi connectivity index (χ0) is 15.2. The Labute approximate surface area is 125 Å². The number of amides is 1. The zero-order valence-electron chi connectivity index (χ0n) is 10.8. The van der Waals surface area contributed by atoms with E-state index in [0.29, 0.717) is 5.56 Å². The fraction of sp³-hybridized carbons (Fsp3) is 0.0667. The van der Waals surface area contributed by atoms with Gasteiger partial charge in [0, 0.05) is 0 Å². The van der Waals surface area contributed by atoms with Crippen molar-refractivity contribution in [3.63, 3.8) is 0 Å². The number of nitrogens with zero attached hydrogens (tertiary/aromatic N) is 1. The van der Waals surface area contributed by atoms with Crippen molar-refractivity contribution in [3.8, 4) is 11.8 Å². The molecule has 0 radical (unpaired) electrons. The number of anilines is 1. The Bertz CT molecular complexity index is 693. The molecule has 0 fully saturated rings. The average Bonchev–Trinajstić information content (AvgIpc) is 2.49. The molecule has 6 heteroatoms. The summed E-state index contributed by atoms with van der Waals surface area (Å²) in [5, 5.41) is 11.3. The molecule has 0 bridgehead atoms. The summed E-state index contributed by atoms with van der Waals surface area (Å²) in [5.74, 6) is -0.919. The largest absolute Gasteiger partial charge is 0.482 e. The van der Waals surface area contributed by atoms with Crippen molar-refractivity contribution in [2.45, 2.75) is 0 Å². The molecule has 0 aliphatic carbocycles. The fourth-order valence-corrected chi connectivity index (χ4v) is 1.83. The summed E-state index contributed by atoms with van der Waals surface area (Å²) in [6.07, 6.45) is 0. The van der Waals surface area contributed by atoms with Crippen LogP contribution in [-0.2, 0) is 4.79 Å². The lowest BCUT2D eigenvalue weighted by molar-refractivity contribution is -0.118. The van der Waals surface area contributed by atoms with Gasteiger partial charge >= 0.3 is 0 Å². The van der Waals surface area contributed by atoms with Crippen LogP contribution < -0.4 is 10.1 Å². The molecule has 0 aliphatic rings. The van der Waals surface area contributed by atoms with E-state index in [9.17, 15) is 9.18 Å². The molecule has 0 heterocycles. The first-order valence-electron chi connectivity index (χ1n) is 5.97. The van der Waals surface area contributed by atoms with Gasteiger partial charge in [-0.3, -0.25) is 4.79 Å². The maximum Gasteiger partial charge on any atom is 0.262 e. The zero-order valence-corrected chi connectivity index (χ0v) is 11.5. The van der Waals surface area contributed by atoms with Crippen molar-refractivity contribution < 1.29 is 13.9 Å². The van der Waals surface area contributed by atoms with Gasteiger partial charge in [0.1, 0.15) is 17.6 Å². The molecule has 2 aromatic rings. The number of carbonyl (C=O) groups is 1. The van der Waals surface area contributed by atoms with E-state index >= 15 is 0 Å². The molecule has 21 heavy (non-hydrogen) atoms. The summed E-state index contributed by atoms with van der Waals surface area (Å²) >= 11 is 5.80. The summed E-state index contributed by atoms with van der Waals surface area (Å²) < 4.78 is 18.8. The van der Waals surface area contributed by atoms with Crippen LogP contribution in [0.25, 0.3) is 0 Å². The Morgan fingerprint density at radius 1 is 1.29 bits per heavy atom. The number of rotatable bonds is 4. The molecular weight excluding hydrogens is 295 g/mol. The van der Waals surface area contributed by atoms with E-state index in [0.717, 1.165) is 0 Å². The van der Waals surface area contributed by atoms with Crippen LogP contribution in [0.4, 0.5) is 10.1 Å². The van der Waals surface area contributed by atoms with Crippen molar-refractivity contribution in [1.29, 1.82) is 5.26 Å². The van der Waals surface area contributed by atoms with Gasteiger partial charge in [0.2, 0.25) is 0 Å². The number of nitriles is 1. The van der Waals surface area contributed by atoms with Gasteiger partial charge in [0.05, 0.1) is 16.3 Å². The third-order valence-electron chi connectivity index (χ3n) is 2.59. The predicted molar refractivity (Wildman–Crippen MR) is 76.7 cm³/mol. The molecule has 0 aromatic heterocycles. The SMILES string of the molecule is N#Cc1ccccc1OCC(=O)Nc1c(F)cccc1Cl. The van der Waals surface area contributed by atoms with Crippen LogP contribution >= 0.6 is 11.6 Å². The van der Waals surface area contributed by atoms with Gasteiger partial charge in [-0.1, -0.05) is 29.8 Å². The Hall–Kier alpha value is -2.58. The Morgan fingerprint density at radius 3 is 2.76 bits per heavy atom. The highest BCUT2D eigenvalue weighted by Crippen LogP contribution is 2.24. The van der Waals surface area contributed by atoms with Crippen LogP contribution in [0.15, 0.2) is 42.5 Å². The molecular formula is C15H10ClFN2O2. The summed E-state index contributed by atoms with van der Waals surface area (Å²) in [6, 6.07) is 12.5. The second-order valence-electron chi connectivity index (χ2n) is 4.04. The molecule has 1 amide bonds. The van der Waals surface area contributed by atoms with E-state index in [1.54, 1.807) is 24.3 Å². The lowest BCUT2D eigenvalue weighted by Crippen LogP contribution is -2.21. The Kier molecular flexibility index (Phi) is 4.75. The van der Waals surface area contributed by atoms with Crippen molar-refractivity contribution in [2.24, 2.45) is 0 Å². The van der Waals surface area contributed by atoms with Crippen molar-refractivity contribution in [2.75, 3.05) is 11.9 Å². The first kappa shape index (κ1) is 14.8. The van der Waals surface area contributed by atoms with Crippen molar-refractivity contribution in [3.05, 3.63) is 58.9 Å². The smallest absolute Gasteiger partial charge is 0.262 e. The standard InChI is InChI=1S/C15H10ClFN2O2/c16-11-5-3-6-12(17)15(11)19-14(20)9-21-13-7-2-1-4-10(13)8-18/h1-7H,9H2,(H,19,20). The van der Waals surface area contributed by atoms with Crippen LogP contribution in [0.1, 0.15) is 5.56 Å². The number of ether oxygens (including phenoxy) is 1. The van der Waals surface area contributed by atoms with Gasteiger partial charge in [-0.2, -0.15) is 5.26 Å². The summed E-state index contributed by atoms with van der Waals surface area (Å²) in [4.78, 5) is 11.7. The van der Waals surface area contributed by atoms with Gasteiger partial charge in [-0.15, -0.1) is 0 Å². The van der Waals surface area contributed by atoms with E-state index < -0.39 is 11.7 Å². The molecule has 0 unspecified atom stereocenters. The first-order valence-corrected chi connectivity index (χ1v) is 6.35. The predicted octanol–water partition coefficient (Wildman–Crippen LogP) is 3.37. The number of halogens is 2. The number of carbonyl (C=O) groups excluding carboxylic acids is 1. The topological polar surface area (TPSA) is 62.1 Å². The van der Waals surface area contributed by atoms with E-state index in [2.05, 4.69) is 5.32 Å². The number of benzene rings is 2. The third-order valence-corrected chi connectivity index (χ3v) is 2.91. The molecule has 1 N–H and O–H groups in total. The molecule has 2 aromatic carbocycles. The van der Waals surface area contributed by atoms with Crippen LogP contribution in [0, 0.1) is 17.1 Å². The van der Waals surface area contributed by atoms with Crippen LogP contribution in [0.3, 0.4) is 0 Å². The lowest BCUT2D eigenvalue weighted by atomic mass is 10.2. The molecule has 4 nitrogen and oxygen atoms in total. The highest BCUT2D eigenvalue weighted by Gasteiger charge is 2.12. The normalized spacial score (nSPS) is 9.76. The second-order valence-corrected chi connectivity index (χ2v) is 4.45. The fourth-order valence-electron chi connectivity index (χ4n) is 1.62. The average molecular weight is 305 g/mol. The van der Waals surface area contributed by atoms with Crippen molar-refractivity contribution in [1.82, 2.24) is 0 Å². The maximum atomic E-state index is 13.5. The molecule has 0 saturated heterocycles. The maximum absolute atomic E-state index is 13.5. The van der Waals surface area contributed by atoms with E-state index in [1.807, 2.05) is 6.07 Å². The number of nitrogens with one attached hydrogen (secondary N) is 1. The lowest BCUT2D eigenvalue weighted by Gasteiger charge is -2.10. The minimum Gasteiger partial charge on any atom is -0.482 e. The van der Waals surface area contributed by atoms with Gasteiger partial charge in [-0.05, 0) is 24.3 Å². The molecule has 106 valence electrons. The van der Waals surface area contributed by atoms with Gasteiger partial charge in [0.25, 0.3) is 5.91 Å². The first-order chi connectivity index (χ1) is 10.1. The minimum atomic E-state index is -0.631. The monoisotopic (exact) mass is 304 g/mol. The molecule has 0 atom stereocenters. The molecule has 2 rings (SSSR count). The van der Waals surface area contributed by atoms with E-state index in [-0.39, 0.29) is 23.1 Å². The Balaban J connectivity index is 2.02. The number of para-hydroxylation sites is 2. The number of hydrogen-bond donors (Lipinski definition) is 1. The molecule has 0 aliphatic heterocycles. The highest BCUT2D eigenvalue weighted by molar-refractivity contribution is 6.33. The van der Waals surface area contributed by atoms with Crippen LogP contribution in [0.5, 0.6) is 5.75 Å². The summed E-state index contributed by atoms with van der Waals surface area (Å²) in [6.45, 7) is -0.358. The van der Waals surface area contributed by atoms with Gasteiger partial charge < -0.3 is 10.1 Å². The number of hydrogen-bond acceptors (Lipinski definition) is 3. The summed E-state index contributed by atoms with van der Waals surface area (Å²) in [5.41, 5.74) is 0.218. The second kappa shape index (κ2) is 6.73. The van der Waals surface area contributed by atoms with Crippen LogP contribution in [0.2, 0.25) is 5.02 Å². The van der Waals surface area contributed by atoms with Gasteiger partial charge in [-0.25, -0.2) is 4.39 Å². The van der Waals surface area contributed by atoms with Crippen LogP contribution in [-0.4, -0.2) is 12.5 Å². The van der Waals surface area contributed by atoms with Crippen molar-refractivity contribution >= 4 is 23.2 Å². The minimum absolute atomic E-state index is 0.0960. The molecule has 0 spiro atoms. The third kappa shape index (κ3) is 3.71. The Morgan fingerprint density at radius 2 is 2.05 bits per heavy atom. The highest BCUT2D eigenvalue weighted by atomic mass is 35.5. The van der Waals surface area contributed by atoms with E-state index in [4.69, 9.17) is 21.6 Å². The quantitative estimate of drug-likeness (QED) is 0.942. The van der Waals surface area contributed by atoms with E-state index in [1.165, 1.54) is 18.2 Å². The summed E-state index contributed by atoms with van der Waals surface area (Å²) in [7, 11) is 0. The van der Waals surface area contributed by atoms with Gasteiger partial charge in [0.15, 0.2) is 6.61 Å².